The molecule has 1 fully saturated rings. The number of amides is 1. The van der Waals surface area contributed by atoms with Crippen molar-refractivity contribution in [3.63, 3.8) is 0 Å². The zero-order chi connectivity index (χ0) is 20.3. The number of carbonyl (C=O) groups excluding carboxylic acids is 1. The lowest BCUT2D eigenvalue weighted by Gasteiger charge is -2.39. The molecule has 2 rings (SSSR count). The molecule has 0 aromatic heterocycles. The predicted octanol–water partition coefficient (Wildman–Crippen LogP) is 2.34. The van der Waals surface area contributed by atoms with Crippen LogP contribution in [-0.4, -0.2) is 49.8 Å². The number of hydrogen-bond donors (Lipinski definition) is 2. The van der Waals surface area contributed by atoms with Crippen LogP contribution in [0.3, 0.4) is 0 Å². The first-order valence-corrected chi connectivity index (χ1v) is 10.9. The van der Waals surface area contributed by atoms with Gasteiger partial charge in [-0.2, -0.15) is 0 Å². The van der Waals surface area contributed by atoms with Gasteiger partial charge in [0.05, 0.1) is 11.4 Å². The first kappa shape index (κ1) is 21.7. The van der Waals surface area contributed by atoms with Crippen LogP contribution in [0.25, 0.3) is 0 Å². The van der Waals surface area contributed by atoms with Gasteiger partial charge in [-0.05, 0) is 44.7 Å². The average molecular weight is 399 g/mol. The molecule has 2 N–H and O–H groups in total. The van der Waals surface area contributed by atoms with Gasteiger partial charge in [0.25, 0.3) is 0 Å². The van der Waals surface area contributed by atoms with E-state index in [1.54, 1.807) is 36.1 Å². The lowest BCUT2D eigenvalue weighted by Crippen LogP contribution is -2.47. The van der Waals surface area contributed by atoms with E-state index in [1.807, 2.05) is 20.8 Å². The van der Waals surface area contributed by atoms with E-state index in [-0.39, 0.29) is 5.75 Å². The molecule has 1 aliphatic heterocycles. The van der Waals surface area contributed by atoms with Gasteiger partial charge in [0.15, 0.2) is 0 Å². The lowest BCUT2D eigenvalue weighted by molar-refractivity contribution is -0.0359. The summed E-state index contributed by atoms with van der Waals surface area (Å²) in [5, 5.41) is 11.2. The SMILES string of the molecule is CCNS(=O)(=O)Cc1ccccc1C1(O)CCN(C(=O)OC(C)(C)C)CC1. The number of likely N-dealkylation sites (tertiary alicyclic amines) is 1. The summed E-state index contributed by atoms with van der Waals surface area (Å²) < 4.78 is 32.2. The topological polar surface area (TPSA) is 95.9 Å². The molecule has 1 aliphatic rings. The predicted molar refractivity (Wildman–Crippen MR) is 104 cm³/mol. The molecule has 0 saturated carbocycles. The van der Waals surface area contributed by atoms with Crippen LogP contribution in [0.1, 0.15) is 51.7 Å². The number of rotatable bonds is 5. The van der Waals surface area contributed by atoms with Crippen LogP contribution in [0.15, 0.2) is 24.3 Å². The van der Waals surface area contributed by atoms with Crippen LogP contribution >= 0.6 is 0 Å². The van der Waals surface area contributed by atoms with Gasteiger partial charge in [0.2, 0.25) is 10.0 Å². The molecular formula is C19H30N2O5S. The Morgan fingerprint density at radius 1 is 1.26 bits per heavy atom. The van der Waals surface area contributed by atoms with E-state index >= 15 is 0 Å². The van der Waals surface area contributed by atoms with Crippen molar-refractivity contribution < 1.29 is 23.1 Å². The van der Waals surface area contributed by atoms with E-state index in [1.165, 1.54) is 0 Å². The van der Waals surface area contributed by atoms with Gasteiger partial charge < -0.3 is 14.7 Å². The Morgan fingerprint density at radius 2 is 1.85 bits per heavy atom. The van der Waals surface area contributed by atoms with Gasteiger partial charge in [-0.25, -0.2) is 17.9 Å². The van der Waals surface area contributed by atoms with E-state index < -0.39 is 27.3 Å². The second-order valence-corrected chi connectivity index (χ2v) is 9.72. The average Bonchev–Trinajstić information content (AvgIpc) is 2.53. The summed E-state index contributed by atoms with van der Waals surface area (Å²) in [6, 6.07) is 7.04. The number of nitrogens with zero attached hydrogens (tertiary/aromatic N) is 1. The van der Waals surface area contributed by atoms with E-state index in [0.717, 1.165) is 0 Å². The Hall–Kier alpha value is -1.64. The molecule has 1 aromatic rings. The molecule has 8 heteroatoms. The second-order valence-electron chi connectivity index (χ2n) is 7.91. The van der Waals surface area contributed by atoms with Crippen molar-refractivity contribution in [2.45, 2.75) is 57.5 Å². The van der Waals surface area contributed by atoms with Crippen molar-refractivity contribution in [1.82, 2.24) is 9.62 Å². The summed E-state index contributed by atoms with van der Waals surface area (Å²) in [6.07, 6.45) is 0.252. The third-order valence-electron chi connectivity index (χ3n) is 4.47. The summed E-state index contributed by atoms with van der Waals surface area (Å²) in [5.74, 6) is -0.185. The van der Waals surface area contributed by atoms with Crippen molar-refractivity contribution in [3.05, 3.63) is 35.4 Å². The van der Waals surface area contributed by atoms with Crippen molar-refractivity contribution in [2.24, 2.45) is 0 Å². The van der Waals surface area contributed by atoms with Gasteiger partial charge in [-0.1, -0.05) is 31.2 Å². The minimum Gasteiger partial charge on any atom is -0.444 e. The Bertz CT molecular complexity index is 763. The number of sulfonamides is 1. The number of benzene rings is 1. The third-order valence-corrected chi connectivity index (χ3v) is 5.89. The summed E-state index contributed by atoms with van der Waals surface area (Å²) >= 11 is 0. The van der Waals surface area contributed by atoms with Crippen LogP contribution < -0.4 is 4.72 Å². The molecule has 152 valence electrons. The minimum atomic E-state index is -3.46. The lowest BCUT2D eigenvalue weighted by atomic mass is 9.82. The molecule has 0 bridgehead atoms. The van der Waals surface area contributed by atoms with E-state index in [2.05, 4.69) is 4.72 Å². The summed E-state index contributed by atoms with van der Waals surface area (Å²) in [4.78, 5) is 13.8. The smallest absolute Gasteiger partial charge is 0.410 e. The van der Waals surface area contributed by atoms with Crippen molar-refractivity contribution in [3.8, 4) is 0 Å². The molecule has 1 amide bonds. The third kappa shape index (κ3) is 5.92. The Balaban J connectivity index is 2.15. The Labute approximate surface area is 161 Å². The zero-order valence-corrected chi connectivity index (χ0v) is 17.3. The number of nitrogens with one attached hydrogen (secondary N) is 1. The van der Waals surface area contributed by atoms with Crippen molar-refractivity contribution in [2.75, 3.05) is 19.6 Å². The maximum atomic E-state index is 12.2. The quantitative estimate of drug-likeness (QED) is 0.794. The largest absolute Gasteiger partial charge is 0.444 e. The second kappa shape index (κ2) is 8.16. The van der Waals surface area contributed by atoms with Crippen LogP contribution in [0, 0.1) is 0 Å². The summed E-state index contributed by atoms with van der Waals surface area (Å²) in [7, 11) is -3.46. The van der Waals surface area contributed by atoms with Crippen LogP contribution in [0.5, 0.6) is 0 Å². The Morgan fingerprint density at radius 3 is 2.41 bits per heavy atom. The standard InChI is InChI=1S/C19H30N2O5S/c1-5-20-27(24,25)14-15-8-6-7-9-16(15)19(23)10-12-21(13-11-19)17(22)26-18(2,3)4/h6-9,20,23H,5,10-14H2,1-4H3. The highest BCUT2D eigenvalue weighted by atomic mass is 32.2. The van der Waals surface area contributed by atoms with Gasteiger partial charge in [-0.3, -0.25) is 0 Å². The highest BCUT2D eigenvalue weighted by Crippen LogP contribution is 2.35. The van der Waals surface area contributed by atoms with Gasteiger partial charge in [0, 0.05) is 19.6 Å². The maximum absolute atomic E-state index is 12.2. The van der Waals surface area contributed by atoms with E-state index in [9.17, 15) is 18.3 Å². The van der Waals surface area contributed by atoms with E-state index in [4.69, 9.17) is 4.74 Å². The number of piperidine rings is 1. The maximum Gasteiger partial charge on any atom is 0.410 e. The normalized spacial score (nSPS) is 17.6. The van der Waals surface area contributed by atoms with Crippen molar-refractivity contribution >= 4 is 16.1 Å². The van der Waals surface area contributed by atoms with Crippen LogP contribution in [-0.2, 0) is 26.1 Å². The fraction of sp³-hybridized carbons (Fsp3) is 0.632. The molecule has 0 aliphatic carbocycles. The molecule has 1 aromatic carbocycles. The molecule has 7 nitrogen and oxygen atoms in total. The van der Waals surface area contributed by atoms with Crippen LogP contribution in [0.4, 0.5) is 4.79 Å². The first-order valence-electron chi connectivity index (χ1n) is 9.22. The molecule has 0 spiro atoms. The highest BCUT2D eigenvalue weighted by molar-refractivity contribution is 7.88. The van der Waals surface area contributed by atoms with Crippen molar-refractivity contribution in [1.29, 1.82) is 0 Å². The van der Waals surface area contributed by atoms with E-state index in [0.29, 0.717) is 43.6 Å². The molecular weight excluding hydrogens is 368 g/mol. The molecule has 0 radical (unpaired) electrons. The number of ether oxygens (including phenoxy) is 1. The fourth-order valence-electron chi connectivity index (χ4n) is 3.23. The molecule has 1 heterocycles. The van der Waals surface area contributed by atoms with Crippen LogP contribution in [0.2, 0.25) is 0 Å². The highest BCUT2D eigenvalue weighted by Gasteiger charge is 2.38. The summed E-state index contributed by atoms with van der Waals surface area (Å²) in [6.45, 7) is 8.17. The minimum absolute atomic E-state index is 0.185. The molecule has 0 atom stereocenters. The number of hydrogen-bond acceptors (Lipinski definition) is 5. The number of aliphatic hydroxyl groups is 1. The van der Waals surface area contributed by atoms with Gasteiger partial charge in [-0.15, -0.1) is 0 Å². The Kier molecular flexibility index (Phi) is 6.55. The summed E-state index contributed by atoms with van der Waals surface area (Å²) in [5.41, 5.74) is -0.559. The van der Waals surface area contributed by atoms with Gasteiger partial charge in [0.1, 0.15) is 5.60 Å². The number of carbonyl (C=O) groups is 1. The monoisotopic (exact) mass is 398 g/mol. The fourth-order valence-corrected chi connectivity index (χ4v) is 4.43. The molecule has 0 unspecified atom stereocenters. The molecule has 1 saturated heterocycles. The first-order chi connectivity index (χ1) is 12.5. The zero-order valence-electron chi connectivity index (χ0n) is 16.5. The molecule has 27 heavy (non-hydrogen) atoms. The van der Waals surface area contributed by atoms with Gasteiger partial charge >= 0.3 is 6.09 Å².